The van der Waals surface area contributed by atoms with Crippen molar-refractivity contribution in [1.82, 2.24) is 4.57 Å². The number of hydrogen-bond acceptors (Lipinski definition) is 1. The molecule has 0 atom stereocenters. The molecular weight excluding hydrogens is 233 g/mol. The van der Waals surface area contributed by atoms with Crippen LogP contribution in [-0.4, -0.2) is 15.6 Å². The van der Waals surface area contributed by atoms with Crippen molar-refractivity contribution in [1.29, 1.82) is 0 Å². The summed E-state index contributed by atoms with van der Waals surface area (Å²) < 4.78 is 15.3. The van der Waals surface area contributed by atoms with Gasteiger partial charge in [-0.2, -0.15) is 0 Å². The van der Waals surface area contributed by atoms with Crippen LogP contribution in [0, 0.1) is 5.82 Å². The van der Waals surface area contributed by atoms with E-state index < -0.39 is 11.4 Å². The Kier molecular flexibility index (Phi) is 2.89. The summed E-state index contributed by atoms with van der Waals surface area (Å²) in [5.41, 5.74) is 0.474. The Morgan fingerprint density at radius 1 is 1.44 bits per heavy atom. The molecule has 18 heavy (non-hydrogen) atoms. The minimum atomic E-state index is -1.04. The zero-order valence-electron chi connectivity index (χ0n) is 10.7. The highest BCUT2D eigenvalue weighted by atomic mass is 19.1. The lowest BCUT2D eigenvalue weighted by Crippen LogP contribution is -2.28. The molecule has 0 aliphatic carbocycles. The summed E-state index contributed by atoms with van der Waals surface area (Å²) >= 11 is 0. The van der Waals surface area contributed by atoms with E-state index in [4.69, 9.17) is 0 Å². The van der Waals surface area contributed by atoms with Gasteiger partial charge in [-0.3, -0.25) is 4.79 Å². The molecule has 96 valence electrons. The van der Waals surface area contributed by atoms with Crippen molar-refractivity contribution in [3.8, 4) is 0 Å². The molecule has 0 aliphatic rings. The van der Waals surface area contributed by atoms with Gasteiger partial charge in [0, 0.05) is 23.6 Å². The predicted octanol–water partition coefficient (Wildman–Crippen LogP) is 3.16. The van der Waals surface area contributed by atoms with Crippen LogP contribution in [0.1, 0.15) is 26.3 Å². The Balaban J connectivity index is 2.79. The third-order valence-electron chi connectivity index (χ3n) is 3.39. The second-order valence-corrected chi connectivity index (χ2v) is 4.92. The van der Waals surface area contributed by atoms with Crippen molar-refractivity contribution < 1.29 is 14.3 Å². The fraction of sp³-hybridized carbons (Fsp3) is 0.357. The molecular formula is C14H16FNO2. The van der Waals surface area contributed by atoms with Crippen LogP contribution in [0.5, 0.6) is 0 Å². The highest BCUT2D eigenvalue weighted by molar-refractivity contribution is 5.92. The van der Waals surface area contributed by atoms with E-state index in [0.717, 1.165) is 12.1 Å². The summed E-state index contributed by atoms with van der Waals surface area (Å²) in [7, 11) is 0. The molecule has 1 heterocycles. The molecule has 0 unspecified atom stereocenters. The number of aryl methyl sites for hydroxylation is 1. The quantitative estimate of drug-likeness (QED) is 0.907. The van der Waals surface area contributed by atoms with E-state index in [0.29, 0.717) is 10.9 Å². The third kappa shape index (κ3) is 1.78. The Hall–Kier alpha value is -1.84. The molecule has 2 rings (SSSR count). The molecule has 3 nitrogen and oxygen atoms in total. The van der Waals surface area contributed by atoms with Crippen LogP contribution in [0.25, 0.3) is 10.9 Å². The molecule has 0 aliphatic heterocycles. The van der Waals surface area contributed by atoms with Crippen molar-refractivity contribution in [2.75, 3.05) is 0 Å². The van der Waals surface area contributed by atoms with Gasteiger partial charge in [0.2, 0.25) is 0 Å². The molecule has 1 aromatic heterocycles. The van der Waals surface area contributed by atoms with Gasteiger partial charge in [-0.15, -0.1) is 0 Å². The molecule has 2 aromatic rings. The first-order chi connectivity index (χ1) is 8.37. The second kappa shape index (κ2) is 4.12. The van der Waals surface area contributed by atoms with E-state index >= 15 is 0 Å². The van der Waals surface area contributed by atoms with Gasteiger partial charge in [0.05, 0.1) is 5.41 Å². The minimum Gasteiger partial charge on any atom is -0.481 e. The zero-order valence-corrected chi connectivity index (χ0v) is 10.7. The highest BCUT2D eigenvalue weighted by Gasteiger charge is 2.32. The smallest absolute Gasteiger partial charge is 0.313 e. The molecule has 0 saturated carbocycles. The lowest BCUT2D eigenvalue weighted by atomic mass is 9.84. The van der Waals surface area contributed by atoms with E-state index in [9.17, 15) is 14.3 Å². The first kappa shape index (κ1) is 12.6. The Labute approximate surface area is 105 Å². The molecule has 0 bridgehead atoms. The Morgan fingerprint density at radius 2 is 2.11 bits per heavy atom. The summed E-state index contributed by atoms with van der Waals surface area (Å²) in [6, 6.07) is 4.49. The van der Waals surface area contributed by atoms with Crippen LogP contribution < -0.4 is 0 Å². The number of aromatic nitrogens is 1. The van der Waals surface area contributed by atoms with Crippen LogP contribution >= 0.6 is 0 Å². The molecule has 0 spiro atoms. The average molecular weight is 249 g/mol. The maximum absolute atomic E-state index is 13.4. The second-order valence-electron chi connectivity index (χ2n) is 4.92. The number of hydrogen-bond donors (Lipinski definition) is 1. The number of nitrogens with zero attached hydrogens (tertiary/aromatic N) is 1. The van der Waals surface area contributed by atoms with Gasteiger partial charge in [-0.05, 0) is 44.5 Å². The number of fused-ring (bicyclic) bond motifs is 1. The van der Waals surface area contributed by atoms with Gasteiger partial charge in [-0.1, -0.05) is 0 Å². The molecule has 1 N–H and O–H groups in total. The molecule has 0 saturated heterocycles. The van der Waals surface area contributed by atoms with E-state index in [1.165, 1.54) is 12.1 Å². The van der Waals surface area contributed by atoms with Crippen molar-refractivity contribution >= 4 is 16.9 Å². The van der Waals surface area contributed by atoms with Gasteiger partial charge in [-0.25, -0.2) is 4.39 Å². The normalized spacial score (nSPS) is 12.0. The lowest BCUT2D eigenvalue weighted by molar-refractivity contribution is -0.142. The number of halogens is 1. The summed E-state index contributed by atoms with van der Waals surface area (Å²) in [5.74, 6) is -1.26. The van der Waals surface area contributed by atoms with Crippen molar-refractivity contribution in [2.45, 2.75) is 32.7 Å². The van der Waals surface area contributed by atoms with Crippen LogP contribution in [0.2, 0.25) is 0 Å². The first-order valence-electron chi connectivity index (χ1n) is 5.90. The molecule has 4 heteroatoms. The van der Waals surface area contributed by atoms with Crippen LogP contribution in [-0.2, 0) is 16.8 Å². The Morgan fingerprint density at radius 3 is 2.67 bits per heavy atom. The summed E-state index contributed by atoms with van der Waals surface area (Å²) in [6.07, 6.45) is 1.80. The average Bonchev–Trinajstić information content (AvgIpc) is 2.67. The van der Waals surface area contributed by atoms with Crippen molar-refractivity contribution in [3.05, 3.63) is 35.8 Å². The fourth-order valence-electron chi connectivity index (χ4n) is 2.14. The van der Waals surface area contributed by atoms with Gasteiger partial charge in [0.25, 0.3) is 0 Å². The molecule has 0 radical (unpaired) electrons. The molecule has 0 amide bonds. The largest absolute Gasteiger partial charge is 0.481 e. The van der Waals surface area contributed by atoms with Crippen LogP contribution in [0.4, 0.5) is 4.39 Å². The lowest BCUT2D eigenvalue weighted by Gasteiger charge is -2.18. The zero-order chi connectivity index (χ0) is 13.5. The maximum atomic E-state index is 13.4. The topological polar surface area (TPSA) is 42.2 Å². The van der Waals surface area contributed by atoms with Gasteiger partial charge in [0.15, 0.2) is 0 Å². The van der Waals surface area contributed by atoms with E-state index in [-0.39, 0.29) is 5.82 Å². The van der Waals surface area contributed by atoms with Crippen LogP contribution in [0.15, 0.2) is 24.4 Å². The monoisotopic (exact) mass is 249 g/mol. The number of carbonyl (C=O) groups is 1. The summed E-state index contributed by atoms with van der Waals surface area (Å²) in [5, 5.41) is 9.97. The minimum absolute atomic E-state index is 0.348. The number of carboxylic acid groups (broad SMARTS) is 1. The van der Waals surface area contributed by atoms with E-state index in [2.05, 4.69) is 0 Å². The van der Waals surface area contributed by atoms with Crippen LogP contribution in [0.3, 0.4) is 0 Å². The first-order valence-corrected chi connectivity index (χ1v) is 5.90. The predicted molar refractivity (Wildman–Crippen MR) is 68.2 cm³/mol. The number of aliphatic carboxylic acids is 1. The molecule has 0 fully saturated rings. The van der Waals surface area contributed by atoms with Crippen molar-refractivity contribution in [2.24, 2.45) is 0 Å². The van der Waals surface area contributed by atoms with Gasteiger partial charge < -0.3 is 9.67 Å². The van der Waals surface area contributed by atoms with E-state index in [1.807, 2.05) is 11.5 Å². The Bertz CT molecular complexity index is 614. The number of benzene rings is 1. The summed E-state index contributed by atoms with van der Waals surface area (Å²) in [6.45, 7) is 5.96. The SMILES string of the molecule is CCn1cc(C(C)(C)C(=O)O)c2cc(F)ccc21. The highest BCUT2D eigenvalue weighted by Crippen LogP contribution is 2.32. The maximum Gasteiger partial charge on any atom is 0.313 e. The van der Waals surface area contributed by atoms with E-state index in [1.54, 1.807) is 26.1 Å². The van der Waals surface area contributed by atoms with Gasteiger partial charge >= 0.3 is 5.97 Å². The number of rotatable bonds is 3. The number of carboxylic acids is 1. The molecule has 1 aromatic carbocycles. The van der Waals surface area contributed by atoms with Gasteiger partial charge in [0.1, 0.15) is 5.82 Å². The summed E-state index contributed by atoms with van der Waals surface area (Å²) in [4.78, 5) is 11.3. The van der Waals surface area contributed by atoms with Crippen molar-refractivity contribution in [3.63, 3.8) is 0 Å². The standard InChI is InChI=1S/C14H16FNO2/c1-4-16-8-11(14(2,3)13(17)18)10-7-9(15)5-6-12(10)16/h5-8H,4H2,1-3H3,(H,17,18). The third-order valence-corrected chi connectivity index (χ3v) is 3.39. The fourth-order valence-corrected chi connectivity index (χ4v) is 2.14.